The van der Waals surface area contributed by atoms with E-state index in [1.54, 1.807) is 0 Å². The van der Waals surface area contributed by atoms with E-state index in [2.05, 4.69) is 20.9 Å². The highest BCUT2D eigenvalue weighted by Gasteiger charge is 2.34. The van der Waals surface area contributed by atoms with Crippen LogP contribution in [0.1, 0.15) is 17.7 Å². The van der Waals surface area contributed by atoms with Crippen molar-refractivity contribution in [2.45, 2.75) is 19.0 Å². The average molecular weight is 268 g/mol. The number of rotatable bonds is 3. The van der Waals surface area contributed by atoms with E-state index in [9.17, 15) is 13.2 Å². The van der Waals surface area contributed by atoms with E-state index in [0.717, 1.165) is 0 Å². The highest BCUT2D eigenvalue weighted by atomic mass is 79.9. The average Bonchev–Trinajstić information content (AvgIpc) is 2.14. The van der Waals surface area contributed by atoms with Gasteiger partial charge in [0, 0.05) is 11.5 Å². The molecule has 5 heteroatoms. The first-order valence-electron chi connectivity index (χ1n) is 4.12. The maximum atomic E-state index is 12.4. The lowest BCUT2D eigenvalue weighted by Crippen LogP contribution is -2.11. The van der Waals surface area contributed by atoms with Gasteiger partial charge in [0.15, 0.2) is 0 Å². The molecule has 0 aliphatic heterocycles. The number of aromatic nitrogens is 1. The second-order valence-electron chi connectivity index (χ2n) is 2.80. The highest BCUT2D eigenvalue weighted by molar-refractivity contribution is 9.09. The van der Waals surface area contributed by atoms with Crippen molar-refractivity contribution in [2.75, 3.05) is 5.33 Å². The largest absolute Gasteiger partial charge is 0.433 e. The van der Waals surface area contributed by atoms with Gasteiger partial charge in [0.1, 0.15) is 5.69 Å². The summed E-state index contributed by atoms with van der Waals surface area (Å²) in [4.78, 5) is 3.36. The van der Waals surface area contributed by atoms with Crippen molar-refractivity contribution in [3.63, 3.8) is 0 Å². The second-order valence-corrected chi connectivity index (χ2v) is 3.59. The van der Waals surface area contributed by atoms with E-state index in [4.69, 9.17) is 0 Å². The van der Waals surface area contributed by atoms with Crippen LogP contribution in [0.4, 0.5) is 13.2 Å². The molecule has 0 aromatic carbocycles. The fraction of sp³-hybridized carbons (Fsp3) is 0.444. The molecule has 0 N–H and O–H groups in total. The first-order valence-corrected chi connectivity index (χ1v) is 5.25. The Balaban J connectivity index is 2.92. The molecule has 78 valence electrons. The number of halogens is 4. The second kappa shape index (κ2) is 4.77. The molecule has 0 saturated heterocycles. The number of aryl methyl sites for hydroxylation is 1. The summed E-state index contributed by atoms with van der Waals surface area (Å²) in [7, 11) is 0. The molecule has 1 aromatic rings. The summed E-state index contributed by atoms with van der Waals surface area (Å²) in [6.45, 7) is 0. The van der Waals surface area contributed by atoms with Crippen LogP contribution in [0.5, 0.6) is 0 Å². The zero-order chi connectivity index (χ0) is 10.6. The maximum Gasteiger partial charge on any atom is 0.433 e. The molecule has 0 atom stereocenters. The van der Waals surface area contributed by atoms with E-state index in [-0.39, 0.29) is 5.56 Å². The van der Waals surface area contributed by atoms with Crippen molar-refractivity contribution in [2.24, 2.45) is 0 Å². The minimum atomic E-state index is -4.34. The van der Waals surface area contributed by atoms with Crippen LogP contribution in [-0.2, 0) is 12.6 Å². The SMILES string of the molecule is FC(F)(F)c1ncccc1CCCBr. The van der Waals surface area contributed by atoms with E-state index >= 15 is 0 Å². The van der Waals surface area contributed by atoms with Crippen molar-refractivity contribution in [3.05, 3.63) is 29.6 Å². The first kappa shape index (κ1) is 11.5. The predicted octanol–water partition coefficient (Wildman–Crippen LogP) is 3.43. The molecule has 1 aromatic heterocycles. The van der Waals surface area contributed by atoms with Crippen LogP contribution < -0.4 is 0 Å². The van der Waals surface area contributed by atoms with Crippen LogP contribution in [-0.4, -0.2) is 10.3 Å². The molecule has 0 aliphatic rings. The summed E-state index contributed by atoms with van der Waals surface area (Å²) in [6, 6.07) is 3.00. The van der Waals surface area contributed by atoms with Gasteiger partial charge in [-0.05, 0) is 24.5 Å². The molecule has 0 fully saturated rings. The van der Waals surface area contributed by atoms with Gasteiger partial charge in [-0.3, -0.25) is 4.98 Å². The third kappa shape index (κ3) is 2.97. The monoisotopic (exact) mass is 267 g/mol. The Kier molecular flexibility index (Phi) is 3.92. The summed E-state index contributed by atoms with van der Waals surface area (Å²) < 4.78 is 37.2. The molecule has 1 nitrogen and oxygen atoms in total. The Morgan fingerprint density at radius 1 is 1.36 bits per heavy atom. The van der Waals surface area contributed by atoms with Gasteiger partial charge in [0.2, 0.25) is 0 Å². The van der Waals surface area contributed by atoms with E-state index < -0.39 is 11.9 Å². The Bertz CT molecular complexity index is 298. The van der Waals surface area contributed by atoms with Crippen molar-refractivity contribution < 1.29 is 13.2 Å². The van der Waals surface area contributed by atoms with Crippen LogP contribution in [0.25, 0.3) is 0 Å². The lowest BCUT2D eigenvalue weighted by atomic mass is 10.1. The summed E-state index contributed by atoms with van der Waals surface area (Å²) in [5.74, 6) is 0. The molecule has 0 radical (unpaired) electrons. The molecule has 0 bridgehead atoms. The van der Waals surface area contributed by atoms with E-state index in [1.807, 2.05) is 0 Å². The number of nitrogens with zero attached hydrogens (tertiary/aromatic N) is 1. The molecule has 0 spiro atoms. The van der Waals surface area contributed by atoms with E-state index in [1.165, 1.54) is 18.3 Å². The molecule has 0 amide bonds. The zero-order valence-electron chi connectivity index (χ0n) is 7.31. The first-order chi connectivity index (χ1) is 6.55. The van der Waals surface area contributed by atoms with Crippen LogP contribution >= 0.6 is 15.9 Å². The number of hydrogen-bond acceptors (Lipinski definition) is 1. The molecule has 1 rings (SSSR count). The Labute approximate surface area is 88.5 Å². The topological polar surface area (TPSA) is 12.9 Å². The maximum absolute atomic E-state index is 12.4. The third-order valence-electron chi connectivity index (χ3n) is 1.74. The number of pyridine rings is 1. The summed E-state index contributed by atoms with van der Waals surface area (Å²) >= 11 is 3.18. The smallest absolute Gasteiger partial charge is 0.252 e. The van der Waals surface area contributed by atoms with Crippen molar-refractivity contribution in [3.8, 4) is 0 Å². The number of hydrogen-bond donors (Lipinski definition) is 0. The van der Waals surface area contributed by atoms with Gasteiger partial charge < -0.3 is 0 Å². The van der Waals surface area contributed by atoms with Crippen LogP contribution in [0.3, 0.4) is 0 Å². The minimum Gasteiger partial charge on any atom is -0.252 e. The molecule has 1 heterocycles. The Morgan fingerprint density at radius 3 is 2.64 bits per heavy atom. The van der Waals surface area contributed by atoms with Crippen LogP contribution in [0.15, 0.2) is 18.3 Å². The lowest BCUT2D eigenvalue weighted by molar-refractivity contribution is -0.141. The Morgan fingerprint density at radius 2 is 2.07 bits per heavy atom. The third-order valence-corrected chi connectivity index (χ3v) is 2.30. The van der Waals surface area contributed by atoms with Gasteiger partial charge in [0.05, 0.1) is 0 Å². The highest BCUT2D eigenvalue weighted by Crippen LogP contribution is 2.30. The van der Waals surface area contributed by atoms with Gasteiger partial charge in [-0.1, -0.05) is 22.0 Å². The van der Waals surface area contributed by atoms with Crippen LogP contribution in [0, 0.1) is 0 Å². The fourth-order valence-corrected chi connectivity index (χ4v) is 1.43. The van der Waals surface area contributed by atoms with Crippen molar-refractivity contribution in [1.82, 2.24) is 4.98 Å². The fourth-order valence-electron chi connectivity index (χ4n) is 1.15. The molecular weight excluding hydrogens is 259 g/mol. The molecular formula is C9H9BrF3N. The summed E-state index contributed by atoms with van der Waals surface area (Å²) in [5, 5.41) is 0.694. The van der Waals surface area contributed by atoms with Crippen molar-refractivity contribution >= 4 is 15.9 Å². The van der Waals surface area contributed by atoms with Crippen LogP contribution in [0.2, 0.25) is 0 Å². The predicted molar refractivity (Wildman–Crippen MR) is 51.4 cm³/mol. The van der Waals surface area contributed by atoms with Crippen molar-refractivity contribution in [1.29, 1.82) is 0 Å². The van der Waals surface area contributed by atoms with Gasteiger partial charge in [-0.25, -0.2) is 0 Å². The summed E-state index contributed by atoms with van der Waals surface area (Å²) in [5.41, 5.74) is -0.500. The van der Waals surface area contributed by atoms with Gasteiger partial charge >= 0.3 is 6.18 Å². The van der Waals surface area contributed by atoms with Gasteiger partial charge in [-0.15, -0.1) is 0 Å². The molecule has 0 saturated carbocycles. The minimum absolute atomic E-state index is 0.263. The quantitative estimate of drug-likeness (QED) is 0.765. The molecule has 0 unspecified atom stereocenters. The Hall–Kier alpha value is -0.580. The normalized spacial score (nSPS) is 11.7. The molecule has 0 aliphatic carbocycles. The van der Waals surface area contributed by atoms with Gasteiger partial charge in [-0.2, -0.15) is 13.2 Å². The van der Waals surface area contributed by atoms with Gasteiger partial charge in [0.25, 0.3) is 0 Å². The molecule has 14 heavy (non-hydrogen) atoms. The standard InChI is InChI=1S/C9H9BrF3N/c10-5-1-3-7-4-2-6-14-8(7)9(11,12)13/h2,4,6H,1,3,5H2. The zero-order valence-corrected chi connectivity index (χ0v) is 8.90. The lowest BCUT2D eigenvalue weighted by Gasteiger charge is -2.10. The number of alkyl halides is 4. The summed E-state index contributed by atoms with van der Waals surface area (Å²) in [6.07, 6.45) is -2.11. The van der Waals surface area contributed by atoms with E-state index in [0.29, 0.717) is 18.2 Å².